The predicted octanol–water partition coefficient (Wildman–Crippen LogP) is 3.31. The zero-order valence-corrected chi connectivity index (χ0v) is 11.8. The van der Waals surface area contributed by atoms with Gasteiger partial charge in [-0.15, -0.1) is 0 Å². The summed E-state index contributed by atoms with van der Waals surface area (Å²) in [4.78, 5) is 10.1. The van der Waals surface area contributed by atoms with Crippen LogP contribution in [-0.2, 0) is 0 Å². The van der Waals surface area contributed by atoms with Gasteiger partial charge in [0.2, 0.25) is 0 Å². The molecule has 0 heterocycles. The molecule has 0 saturated heterocycles. The first-order valence-corrected chi connectivity index (χ1v) is 6.69. The number of rotatable bonds is 7. The number of nitro benzene ring substituents is 1. The van der Waals surface area contributed by atoms with E-state index in [1.165, 1.54) is 12.1 Å². The van der Waals surface area contributed by atoms with E-state index in [0.717, 1.165) is 0 Å². The first kappa shape index (κ1) is 15.3. The van der Waals surface area contributed by atoms with Crippen LogP contribution in [0.2, 0.25) is 0 Å². The molecule has 0 aliphatic heterocycles. The van der Waals surface area contributed by atoms with Gasteiger partial charge in [0.15, 0.2) is 0 Å². The summed E-state index contributed by atoms with van der Waals surface area (Å²) >= 11 is 0. The minimum absolute atomic E-state index is 0.0384. The number of nitrogens with zero attached hydrogens (tertiary/aromatic N) is 2. The van der Waals surface area contributed by atoms with Gasteiger partial charge in [-0.25, -0.2) is 0 Å². The van der Waals surface area contributed by atoms with E-state index in [0.29, 0.717) is 36.7 Å². The Hall–Kier alpha value is -3.07. The molecule has 0 spiro atoms. The molecule has 6 heteroatoms. The third-order valence-corrected chi connectivity index (χ3v) is 2.86. The van der Waals surface area contributed by atoms with Crippen LogP contribution in [0.25, 0.3) is 0 Å². The Balaban J connectivity index is 1.68. The summed E-state index contributed by atoms with van der Waals surface area (Å²) in [6.45, 7) is 0.937. The summed E-state index contributed by atoms with van der Waals surface area (Å²) in [7, 11) is 0. The molecule has 0 unspecified atom stereocenters. The number of hydrogen-bond acceptors (Lipinski definition) is 5. The van der Waals surface area contributed by atoms with E-state index in [4.69, 9.17) is 14.7 Å². The maximum Gasteiger partial charge on any atom is 0.269 e. The second-order valence-corrected chi connectivity index (χ2v) is 4.44. The second-order valence-electron chi connectivity index (χ2n) is 4.44. The Kier molecular flexibility index (Phi) is 5.32. The quantitative estimate of drug-likeness (QED) is 0.444. The molecule has 22 heavy (non-hydrogen) atoms. The van der Waals surface area contributed by atoms with Gasteiger partial charge in [0.05, 0.1) is 29.8 Å². The number of non-ortho nitro benzene ring substituents is 1. The van der Waals surface area contributed by atoms with Gasteiger partial charge in [-0.1, -0.05) is 0 Å². The van der Waals surface area contributed by atoms with Crippen LogP contribution in [0.15, 0.2) is 48.5 Å². The second kappa shape index (κ2) is 7.64. The predicted molar refractivity (Wildman–Crippen MR) is 79.9 cm³/mol. The first-order valence-electron chi connectivity index (χ1n) is 6.69. The van der Waals surface area contributed by atoms with E-state index < -0.39 is 4.92 Å². The van der Waals surface area contributed by atoms with Crippen molar-refractivity contribution in [1.29, 1.82) is 5.26 Å². The topological polar surface area (TPSA) is 85.4 Å². The molecule has 0 saturated carbocycles. The van der Waals surface area contributed by atoms with E-state index in [2.05, 4.69) is 0 Å². The largest absolute Gasteiger partial charge is 0.493 e. The fraction of sp³-hybridized carbons (Fsp3) is 0.188. The molecule has 0 aromatic heterocycles. The highest BCUT2D eigenvalue weighted by Gasteiger charge is 2.04. The average molecular weight is 298 g/mol. The number of benzene rings is 2. The van der Waals surface area contributed by atoms with E-state index in [-0.39, 0.29) is 5.69 Å². The fourth-order valence-electron chi connectivity index (χ4n) is 1.73. The highest BCUT2D eigenvalue weighted by atomic mass is 16.6. The average Bonchev–Trinajstić information content (AvgIpc) is 2.55. The lowest BCUT2D eigenvalue weighted by molar-refractivity contribution is -0.384. The van der Waals surface area contributed by atoms with Crippen molar-refractivity contribution in [3.63, 3.8) is 0 Å². The summed E-state index contributed by atoms with van der Waals surface area (Å²) in [5, 5.41) is 19.2. The van der Waals surface area contributed by atoms with Gasteiger partial charge in [-0.2, -0.15) is 5.26 Å². The zero-order valence-electron chi connectivity index (χ0n) is 11.8. The van der Waals surface area contributed by atoms with Crippen molar-refractivity contribution in [1.82, 2.24) is 0 Å². The molecule has 2 rings (SSSR count). The van der Waals surface area contributed by atoms with Crippen LogP contribution in [0.1, 0.15) is 12.0 Å². The van der Waals surface area contributed by atoms with Gasteiger partial charge in [0, 0.05) is 18.6 Å². The van der Waals surface area contributed by atoms with Gasteiger partial charge in [-0.3, -0.25) is 10.1 Å². The van der Waals surface area contributed by atoms with Crippen LogP contribution < -0.4 is 9.47 Å². The fourth-order valence-corrected chi connectivity index (χ4v) is 1.73. The van der Waals surface area contributed by atoms with Crippen molar-refractivity contribution in [3.8, 4) is 17.6 Å². The van der Waals surface area contributed by atoms with Gasteiger partial charge >= 0.3 is 0 Å². The van der Waals surface area contributed by atoms with Crippen molar-refractivity contribution >= 4 is 5.69 Å². The molecule has 0 amide bonds. The molecule has 0 aliphatic carbocycles. The Morgan fingerprint density at radius 2 is 1.45 bits per heavy atom. The Morgan fingerprint density at radius 1 is 0.955 bits per heavy atom. The smallest absolute Gasteiger partial charge is 0.269 e. The van der Waals surface area contributed by atoms with Gasteiger partial charge in [-0.05, 0) is 36.4 Å². The van der Waals surface area contributed by atoms with E-state index in [1.54, 1.807) is 36.4 Å². The lowest BCUT2D eigenvalue weighted by Crippen LogP contribution is -2.05. The normalized spacial score (nSPS) is 9.77. The monoisotopic (exact) mass is 298 g/mol. The molecule has 0 N–H and O–H groups in total. The Morgan fingerprint density at radius 3 is 1.91 bits per heavy atom. The highest BCUT2D eigenvalue weighted by Crippen LogP contribution is 2.17. The number of nitro groups is 1. The van der Waals surface area contributed by atoms with Crippen LogP contribution >= 0.6 is 0 Å². The van der Waals surface area contributed by atoms with Gasteiger partial charge < -0.3 is 9.47 Å². The van der Waals surface area contributed by atoms with Crippen molar-refractivity contribution in [3.05, 3.63) is 64.2 Å². The van der Waals surface area contributed by atoms with Crippen LogP contribution in [0.4, 0.5) is 5.69 Å². The highest BCUT2D eigenvalue weighted by molar-refractivity contribution is 5.36. The van der Waals surface area contributed by atoms with Crippen LogP contribution in [-0.4, -0.2) is 18.1 Å². The summed E-state index contributed by atoms with van der Waals surface area (Å²) in [5.41, 5.74) is 0.630. The molecule has 2 aromatic rings. The van der Waals surface area contributed by atoms with Crippen molar-refractivity contribution < 1.29 is 14.4 Å². The van der Waals surface area contributed by atoms with E-state index in [1.807, 2.05) is 6.07 Å². The van der Waals surface area contributed by atoms with E-state index in [9.17, 15) is 10.1 Å². The van der Waals surface area contributed by atoms with Crippen LogP contribution in [0.5, 0.6) is 11.5 Å². The molecule has 0 aliphatic rings. The minimum Gasteiger partial charge on any atom is -0.493 e. The zero-order chi connectivity index (χ0) is 15.8. The molecular formula is C16H14N2O4. The molecule has 2 aromatic carbocycles. The molecule has 0 radical (unpaired) electrons. The third-order valence-electron chi connectivity index (χ3n) is 2.86. The van der Waals surface area contributed by atoms with Crippen molar-refractivity contribution in [2.75, 3.05) is 13.2 Å². The molecule has 0 bridgehead atoms. The molecule has 0 fully saturated rings. The van der Waals surface area contributed by atoms with Crippen molar-refractivity contribution in [2.45, 2.75) is 6.42 Å². The molecule has 112 valence electrons. The Labute approximate surface area is 127 Å². The summed E-state index contributed by atoms with van der Waals surface area (Å²) in [6, 6.07) is 14.9. The first-order chi connectivity index (χ1) is 10.7. The summed E-state index contributed by atoms with van der Waals surface area (Å²) in [6.07, 6.45) is 0.678. The maximum absolute atomic E-state index is 10.5. The minimum atomic E-state index is -0.449. The van der Waals surface area contributed by atoms with Crippen LogP contribution in [0, 0.1) is 21.4 Å². The van der Waals surface area contributed by atoms with Crippen molar-refractivity contribution in [2.24, 2.45) is 0 Å². The molecule has 0 atom stereocenters. The number of hydrogen-bond donors (Lipinski definition) is 0. The lowest BCUT2D eigenvalue weighted by atomic mass is 10.2. The molecular weight excluding hydrogens is 284 g/mol. The standard InChI is InChI=1S/C16H14N2O4/c17-12-13-2-6-15(7-3-13)21-10-1-11-22-16-8-4-14(5-9-16)18(19)20/h2-9H,1,10-11H2. The molecule has 6 nitrogen and oxygen atoms in total. The van der Waals surface area contributed by atoms with Gasteiger partial charge in [0.25, 0.3) is 5.69 Å². The van der Waals surface area contributed by atoms with E-state index >= 15 is 0 Å². The summed E-state index contributed by atoms with van der Waals surface area (Å²) < 4.78 is 11.0. The maximum atomic E-state index is 10.5. The number of ether oxygens (including phenoxy) is 2. The third kappa shape index (κ3) is 4.49. The lowest BCUT2D eigenvalue weighted by Gasteiger charge is -2.08. The SMILES string of the molecule is N#Cc1ccc(OCCCOc2ccc([N+](=O)[O-])cc2)cc1. The van der Waals surface area contributed by atoms with Crippen LogP contribution in [0.3, 0.4) is 0 Å². The Bertz CT molecular complexity index is 660. The van der Waals surface area contributed by atoms with Gasteiger partial charge in [0.1, 0.15) is 11.5 Å². The summed E-state index contributed by atoms with van der Waals surface area (Å²) in [5.74, 6) is 1.29. The number of nitriles is 1.